The Morgan fingerprint density at radius 1 is 1.12 bits per heavy atom. The third-order valence-electron chi connectivity index (χ3n) is 3.81. The normalized spacial score (nSPS) is 10.6. The Labute approximate surface area is 144 Å². The van der Waals surface area contributed by atoms with Gasteiger partial charge in [0.2, 0.25) is 0 Å². The van der Waals surface area contributed by atoms with Gasteiger partial charge in [0, 0.05) is 29.6 Å². The zero-order valence-corrected chi connectivity index (χ0v) is 13.7. The second-order valence-electron chi connectivity index (χ2n) is 5.71. The lowest BCUT2D eigenvalue weighted by Gasteiger charge is -2.08. The van der Waals surface area contributed by atoms with Crippen LogP contribution >= 0.6 is 0 Å². The monoisotopic (exact) mass is 335 g/mol. The lowest BCUT2D eigenvalue weighted by molar-refractivity contribution is 0.101. The molecule has 3 rings (SSSR count). The van der Waals surface area contributed by atoms with Gasteiger partial charge in [-0.25, -0.2) is 4.68 Å². The van der Waals surface area contributed by atoms with Gasteiger partial charge in [-0.1, -0.05) is 18.2 Å². The van der Waals surface area contributed by atoms with Crippen LogP contribution in [-0.2, 0) is 13.2 Å². The largest absolute Gasteiger partial charge is 0.392 e. The van der Waals surface area contributed by atoms with Gasteiger partial charge in [0.15, 0.2) is 5.78 Å². The summed E-state index contributed by atoms with van der Waals surface area (Å²) in [6, 6.07) is 12.0. The molecule has 25 heavy (non-hydrogen) atoms. The molecular formula is C19H17N3O3. The Kier molecular flexibility index (Phi) is 4.81. The third-order valence-corrected chi connectivity index (χ3v) is 3.81. The lowest BCUT2D eigenvalue weighted by atomic mass is 10.1. The number of benzene rings is 1. The summed E-state index contributed by atoms with van der Waals surface area (Å²) < 4.78 is 1.35. The molecule has 0 aliphatic carbocycles. The fourth-order valence-electron chi connectivity index (χ4n) is 2.49. The highest BCUT2D eigenvalue weighted by molar-refractivity contribution is 5.94. The number of nitrogens with zero attached hydrogens (tertiary/aromatic N) is 3. The first-order valence-electron chi connectivity index (χ1n) is 7.80. The summed E-state index contributed by atoms with van der Waals surface area (Å²) in [6.07, 6.45) is 3.21. The van der Waals surface area contributed by atoms with Crippen molar-refractivity contribution in [1.82, 2.24) is 14.8 Å². The predicted molar refractivity (Wildman–Crippen MR) is 93.2 cm³/mol. The van der Waals surface area contributed by atoms with Gasteiger partial charge in [-0.3, -0.25) is 14.6 Å². The van der Waals surface area contributed by atoms with Crippen molar-refractivity contribution in [2.75, 3.05) is 0 Å². The summed E-state index contributed by atoms with van der Waals surface area (Å²) in [5.74, 6) is -0.0252. The molecule has 0 aliphatic rings. The van der Waals surface area contributed by atoms with Crippen molar-refractivity contribution in [1.29, 1.82) is 0 Å². The molecular weight excluding hydrogens is 318 g/mol. The smallest absolute Gasteiger partial charge is 0.267 e. The zero-order valence-electron chi connectivity index (χ0n) is 13.7. The average molecular weight is 335 g/mol. The van der Waals surface area contributed by atoms with Gasteiger partial charge >= 0.3 is 0 Å². The van der Waals surface area contributed by atoms with Crippen LogP contribution in [0.5, 0.6) is 0 Å². The van der Waals surface area contributed by atoms with Crippen molar-refractivity contribution in [3.8, 4) is 11.3 Å². The van der Waals surface area contributed by atoms with Gasteiger partial charge in [0.1, 0.15) is 0 Å². The van der Waals surface area contributed by atoms with E-state index in [1.807, 2.05) is 6.07 Å². The van der Waals surface area contributed by atoms with Gasteiger partial charge in [0.25, 0.3) is 5.56 Å². The molecule has 0 saturated heterocycles. The van der Waals surface area contributed by atoms with Gasteiger partial charge in [-0.15, -0.1) is 0 Å². The van der Waals surface area contributed by atoms with Crippen molar-refractivity contribution in [2.24, 2.45) is 0 Å². The minimum atomic E-state index is -0.233. The highest BCUT2D eigenvalue weighted by Gasteiger charge is 2.07. The molecule has 0 aliphatic heterocycles. The van der Waals surface area contributed by atoms with Crippen LogP contribution < -0.4 is 5.56 Å². The summed E-state index contributed by atoms with van der Waals surface area (Å²) in [4.78, 5) is 27.7. The fraction of sp³-hybridized carbons (Fsp3) is 0.158. The molecule has 6 nitrogen and oxygen atoms in total. The van der Waals surface area contributed by atoms with Crippen molar-refractivity contribution in [3.05, 3.63) is 81.9 Å². The van der Waals surface area contributed by atoms with E-state index in [0.29, 0.717) is 16.8 Å². The maximum Gasteiger partial charge on any atom is 0.267 e. The van der Waals surface area contributed by atoms with Crippen LogP contribution in [0.4, 0.5) is 0 Å². The van der Waals surface area contributed by atoms with E-state index < -0.39 is 0 Å². The number of Topliss-reactive ketones (excluding diaryl/α,β-unsaturated/α-hetero) is 1. The van der Waals surface area contributed by atoms with Crippen molar-refractivity contribution >= 4 is 5.78 Å². The number of aromatic nitrogens is 3. The Bertz CT molecular complexity index is 979. The zero-order chi connectivity index (χ0) is 17.8. The van der Waals surface area contributed by atoms with Crippen LogP contribution in [0.15, 0.2) is 59.7 Å². The highest BCUT2D eigenvalue weighted by Crippen LogP contribution is 2.16. The second kappa shape index (κ2) is 7.19. The Morgan fingerprint density at radius 2 is 1.96 bits per heavy atom. The van der Waals surface area contributed by atoms with E-state index in [0.717, 1.165) is 11.1 Å². The number of aliphatic hydroxyl groups is 1. The summed E-state index contributed by atoms with van der Waals surface area (Å²) in [6.45, 7) is 1.66. The molecule has 6 heteroatoms. The summed E-state index contributed by atoms with van der Waals surface area (Å²) in [7, 11) is 0. The molecule has 0 bridgehead atoms. The third kappa shape index (κ3) is 3.87. The number of ketones is 1. The molecule has 0 amide bonds. The number of pyridine rings is 1. The molecule has 2 aromatic heterocycles. The first kappa shape index (κ1) is 16.7. The topological polar surface area (TPSA) is 85.1 Å². The van der Waals surface area contributed by atoms with Crippen LogP contribution in [0, 0.1) is 0 Å². The Balaban J connectivity index is 1.96. The van der Waals surface area contributed by atoms with E-state index in [1.54, 1.807) is 42.7 Å². The minimum Gasteiger partial charge on any atom is -0.392 e. The number of carbonyl (C=O) groups is 1. The maximum absolute atomic E-state index is 12.1. The molecule has 2 heterocycles. The summed E-state index contributed by atoms with van der Waals surface area (Å²) >= 11 is 0. The number of aliphatic hydroxyl groups excluding tert-OH is 1. The van der Waals surface area contributed by atoms with E-state index >= 15 is 0 Å². The van der Waals surface area contributed by atoms with Gasteiger partial charge in [-0.2, -0.15) is 5.10 Å². The number of carbonyl (C=O) groups excluding carboxylic acids is 1. The second-order valence-corrected chi connectivity index (χ2v) is 5.71. The minimum absolute atomic E-state index is 0.0252. The van der Waals surface area contributed by atoms with E-state index in [4.69, 9.17) is 0 Å². The molecule has 1 aromatic carbocycles. The van der Waals surface area contributed by atoms with Crippen LogP contribution in [0.1, 0.15) is 28.4 Å². The van der Waals surface area contributed by atoms with Crippen molar-refractivity contribution < 1.29 is 9.90 Å². The summed E-state index contributed by atoms with van der Waals surface area (Å²) in [5, 5.41) is 13.6. The van der Waals surface area contributed by atoms with Crippen molar-refractivity contribution in [3.63, 3.8) is 0 Å². The molecule has 1 N–H and O–H groups in total. The standard InChI is InChI=1S/C19H17N3O3/c1-13(24)16-4-2-3-14(7-16)11-22-19(25)6-5-18(21-22)17-8-15(12-23)9-20-10-17/h2-10,23H,11-12H2,1H3. The molecule has 0 fully saturated rings. The molecule has 0 unspecified atom stereocenters. The summed E-state index contributed by atoms with van der Waals surface area (Å²) in [5.41, 5.74) is 3.17. The number of hydrogen-bond acceptors (Lipinski definition) is 5. The first-order chi connectivity index (χ1) is 12.1. The van der Waals surface area contributed by atoms with Crippen LogP contribution in [0.3, 0.4) is 0 Å². The fourth-order valence-corrected chi connectivity index (χ4v) is 2.49. The molecule has 0 saturated carbocycles. The van der Waals surface area contributed by atoms with Gasteiger partial charge in [0.05, 0.1) is 18.8 Å². The molecule has 3 aromatic rings. The van der Waals surface area contributed by atoms with Crippen LogP contribution in [-0.4, -0.2) is 25.7 Å². The van der Waals surface area contributed by atoms with Crippen molar-refractivity contribution in [2.45, 2.75) is 20.1 Å². The molecule has 126 valence electrons. The molecule has 0 atom stereocenters. The first-order valence-corrected chi connectivity index (χ1v) is 7.80. The average Bonchev–Trinajstić information content (AvgIpc) is 2.64. The van der Waals surface area contributed by atoms with E-state index in [9.17, 15) is 14.7 Å². The Hall–Kier alpha value is -3.12. The lowest BCUT2D eigenvalue weighted by Crippen LogP contribution is -2.23. The SMILES string of the molecule is CC(=O)c1cccc(Cn2nc(-c3cncc(CO)c3)ccc2=O)c1. The van der Waals surface area contributed by atoms with E-state index in [-0.39, 0.29) is 24.5 Å². The Morgan fingerprint density at radius 3 is 2.72 bits per heavy atom. The molecule has 0 spiro atoms. The molecule has 0 radical (unpaired) electrons. The highest BCUT2D eigenvalue weighted by atomic mass is 16.3. The van der Waals surface area contributed by atoms with E-state index in [1.165, 1.54) is 17.7 Å². The van der Waals surface area contributed by atoms with E-state index in [2.05, 4.69) is 10.1 Å². The maximum atomic E-state index is 12.1. The van der Waals surface area contributed by atoms with Gasteiger partial charge < -0.3 is 5.11 Å². The van der Waals surface area contributed by atoms with Crippen LogP contribution in [0.2, 0.25) is 0 Å². The van der Waals surface area contributed by atoms with Gasteiger partial charge in [-0.05, 0) is 36.2 Å². The number of rotatable bonds is 5. The van der Waals surface area contributed by atoms with Crippen LogP contribution in [0.25, 0.3) is 11.3 Å². The number of hydrogen-bond donors (Lipinski definition) is 1. The predicted octanol–water partition coefficient (Wildman–Crippen LogP) is 2.05. The quantitative estimate of drug-likeness (QED) is 0.721.